The van der Waals surface area contributed by atoms with Crippen molar-refractivity contribution in [3.05, 3.63) is 29.8 Å². The summed E-state index contributed by atoms with van der Waals surface area (Å²) in [4.78, 5) is 11.7. The lowest BCUT2D eigenvalue weighted by Crippen LogP contribution is -2.03. The lowest BCUT2D eigenvalue weighted by atomic mass is 10.1. The molecule has 0 radical (unpaired) electrons. The number of methoxy groups -OCH3 is 1. The van der Waals surface area contributed by atoms with Crippen molar-refractivity contribution in [3.63, 3.8) is 0 Å². The molecule has 16 heavy (non-hydrogen) atoms. The highest BCUT2D eigenvalue weighted by Gasteiger charge is 2.06. The van der Waals surface area contributed by atoms with Gasteiger partial charge in [-0.25, -0.2) is 0 Å². The smallest absolute Gasteiger partial charge is 0.172 e. The highest BCUT2D eigenvalue weighted by atomic mass is 32.2. The highest BCUT2D eigenvalue weighted by molar-refractivity contribution is 7.99. The minimum atomic E-state index is 0.0711. The lowest BCUT2D eigenvalue weighted by Gasteiger charge is -2.03. The molecule has 0 spiro atoms. The topological polar surface area (TPSA) is 50.1 Å². The summed E-state index contributed by atoms with van der Waals surface area (Å²) in [7, 11) is 1.57. The maximum Gasteiger partial charge on any atom is 0.172 e. The molecule has 0 fully saturated rings. The molecule has 0 aliphatic heterocycles. The summed E-state index contributed by atoms with van der Waals surface area (Å²) in [5, 5.41) is 8.35. The fraction of sp³-hybridized carbons (Fsp3) is 0.333. The lowest BCUT2D eigenvalue weighted by molar-refractivity contribution is 0.102. The van der Waals surface area contributed by atoms with Gasteiger partial charge in [-0.3, -0.25) is 4.79 Å². The van der Waals surface area contributed by atoms with Gasteiger partial charge in [0.25, 0.3) is 0 Å². The van der Waals surface area contributed by atoms with Crippen molar-refractivity contribution >= 4 is 17.5 Å². The molecule has 0 aromatic heterocycles. The molecule has 0 amide bonds. The first kappa shape index (κ1) is 12.6. The van der Waals surface area contributed by atoms with Crippen LogP contribution in [0, 0.1) is 11.3 Å². The fourth-order valence-corrected chi connectivity index (χ4v) is 1.89. The summed E-state index contributed by atoms with van der Waals surface area (Å²) in [6.07, 6.45) is 0.482. The normalized spacial score (nSPS) is 9.50. The van der Waals surface area contributed by atoms with E-state index in [1.165, 1.54) is 11.8 Å². The van der Waals surface area contributed by atoms with Crippen molar-refractivity contribution in [3.8, 4) is 11.8 Å². The van der Waals surface area contributed by atoms with Gasteiger partial charge < -0.3 is 4.74 Å². The van der Waals surface area contributed by atoms with Gasteiger partial charge in [0.1, 0.15) is 5.75 Å². The predicted octanol–water partition coefficient (Wildman–Crippen LogP) is 2.52. The van der Waals surface area contributed by atoms with E-state index in [-0.39, 0.29) is 5.78 Å². The van der Waals surface area contributed by atoms with Gasteiger partial charge in [-0.1, -0.05) is 12.1 Å². The van der Waals surface area contributed by atoms with Crippen LogP contribution in [-0.2, 0) is 0 Å². The number of carbonyl (C=O) groups is 1. The van der Waals surface area contributed by atoms with Gasteiger partial charge in [0.05, 0.1) is 18.9 Å². The number of rotatable bonds is 6. The van der Waals surface area contributed by atoms with Crippen LogP contribution in [0.5, 0.6) is 5.75 Å². The van der Waals surface area contributed by atoms with Gasteiger partial charge in [-0.15, -0.1) is 0 Å². The van der Waals surface area contributed by atoms with Crippen molar-refractivity contribution in [1.29, 1.82) is 5.26 Å². The average Bonchev–Trinajstić information content (AvgIpc) is 2.34. The first-order valence-corrected chi connectivity index (χ1v) is 6.05. The number of thioether (sulfide) groups is 1. The van der Waals surface area contributed by atoms with Gasteiger partial charge in [0.15, 0.2) is 5.78 Å². The molecule has 0 heterocycles. The van der Waals surface area contributed by atoms with Crippen molar-refractivity contribution in [2.24, 2.45) is 0 Å². The molecule has 1 aromatic carbocycles. The van der Waals surface area contributed by atoms with E-state index in [0.29, 0.717) is 29.2 Å². The second-order valence-electron chi connectivity index (χ2n) is 3.12. The van der Waals surface area contributed by atoms with Crippen LogP contribution in [-0.4, -0.2) is 24.4 Å². The molecule has 0 aliphatic carbocycles. The van der Waals surface area contributed by atoms with Crippen LogP contribution in [0.4, 0.5) is 0 Å². The first-order valence-electron chi connectivity index (χ1n) is 4.90. The summed E-state index contributed by atoms with van der Waals surface area (Å²) >= 11 is 1.48. The molecule has 0 saturated heterocycles. The maximum atomic E-state index is 11.7. The second-order valence-corrected chi connectivity index (χ2v) is 4.22. The van der Waals surface area contributed by atoms with E-state index in [2.05, 4.69) is 0 Å². The number of hydrogen-bond donors (Lipinski definition) is 0. The van der Waals surface area contributed by atoms with Gasteiger partial charge >= 0.3 is 0 Å². The number of benzene rings is 1. The average molecular weight is 235 g/mol. The summed E-state index contributed by atoms with van der Waals surface area (Å²) in [5.74, 6) is 1.87. The van der Waals surface area contributed by atoms with E-state index in [1.54, 1.807) is 31.4 Å². The van der Waals surface area contributed by atoms with Crippen LogP contribution < -0.4 is 4.74 Å². The van der Waals surface area contributed by atoms with E-state index >= 15 is 0 Å². The Labute approximate surface area is 99.4 Å². The third kappa shape index (κ3) is 3.95. The Hall–Kier alpha value is -1.47. The Balaban J connectivity index is 2.49. The molecule has 4 heteroatoms. The largest absolute Gasteiger partial charge is 0.497 e. The first-order chi connectivity index (χ1) is 7.77. The maximum absolute atomic E-state index is 11.7. The van der Waals surface area contributed by atoms with Crippen LogP contribution >= 0.6 is 11.8 Å². The second kappa shape index (κ2) is 6.91. The van der Waals surface area contributed by atoms with E-state index in [0.717, 1.165) is 0 Å². The van der Waals surface area contributed by atoms with Crippen LogP contribution in [0.2, 0.25) is 0 Å². The molecule has 1 aromatic rings. The zero-order chi connectivity index (χ0) is 11.8. The van der Waals surface area contributed by atoms with Crippen molar-refractivity contribution in [1.82, 2.24) is 0 Å². The minimum absolute atomic E-state index is 0.0711. The summed E-state index contributed by atoms with van der Waals surface area (Å²) < 4.78 is 5.05. The number of hydrogen-bond acceptors (Lipinski definition) is 4. The van der Waals surface area contributed by atoms with E-state index < -0.39 is 0 Å². The molecule has 0 saturated carbocycles. The van der Waals surface area contributed by atoms with Crippen LogP contribution in [0.15, 0.2) is 24.3 Å². The molecule has 84 valence electrons. The number of nitrogens with zero attached hydrogens (tertiary/aromatic N) is 1. The number of Topliss-reactive ketones (excluding diaryl/α,β-unsaturated/α-hetero) is 1. The Bertz CT molecular complexity index is 398. The van der Waals surface area contributed by atoms with Gasteiger partial charge in [-0.2, -0.15) is 17.0 Å². The van der Waals surface area contributed by atoms with Gasteiger partial charge in [0.2, 0.25) is 0 Å². The Morgan fingerprint density at radius 2 is 2.38 bits per heavy atom. The van der Waals surface area contributed by atoms with Crippen LogP contribution in [0.25, 0.3) is 0 Å². The molecule has 0 bridgehead atoms. The van der Waals surface area contributed by atoms with E-state index in [4.69, 9.17) is 10.00 Å². The zero-order valence-electron chi connectivity index (χ0n) is 9.10. The van der Waals surface area contributed by atoms with Gasteiger partial charge in [0, 0.05) is 17.7 Å². The molecular weight excluding hydrogens is 222 g/mol. The van der Waals surface area contributed by atoms with E-state index in [9.17, 15) is 4.79 Å². The molecule has 0 N–H and O–H groups in total. The number of ether oxygens (including phenoxy) is 1. The third-order valence-corrected chi connectivity index (χ3v) is 2.94. The van der Waals surface area contributed by atoms with Crippen LogP contribution in [0.1, 0.15) is 16.8 Å². The number of ketones is 1. The predicted molar refractivity (Wildman–Crippen MR) is 64.9 cm³/mol. The van der Waals surface area contributed by atoms with Crippen molar-refractivity contribution in [2.75, 3.05) is 18.6 Å². The monoisotopic (exact) mass is 235 g/mol. The Kier molecular flexibility index (Phi) is 5.44. The minimum Gasteiger partial charge on any atom is -0.497 e. The molecule has 0 aliphatic rings. The summed E-state index contributed by atoms with van der Waals surface area (Å²) in [5.41, 5.74) is 0.656. The molecular formula is C12H13NO2S. The fourth-order valence-electron chi connectivity index (χ4n) is 1.16. The molecule has 0 unspecified atom stereocenters. The van der Waals surface area contributed by atoms with Gasteiger partial charge in [-0.05, 0) is 12.1 Å². The zero-order valence-corrected chi connectivity index (χ0v) is 9.92. The molecule has 3 nitrogen and oxygen atoms in total. The third-order valence-electron chi connectivity index (χ3n) is 1.98. The van der Waals surface area contributed by atoms with Crippen molar-refractivity contribution in [2.45, 2.75) is 6.42 Å². The Morgan fingerprint density at radius 3 is 3.06 bits per heavy atom. The molecule has 0 atom stereocenters. The number of carbonyl (C=O) groups excluding carboxylic acids is 1. The SMILES string of the molecule is COc1cccc(C(=O)CSCCC#N)c1. The van der Waals surface area contributed by atoms with Crippen LogP contribution in [0.3, 0.4) is 0 Å². The quantitative estimate of drug-likeness (QED) is 0.561. The molecule has 1 rings (SSSR count). The van der Waals surface area contributed by atoms with E-state index in [1.807, 2.05) is 6.07 Å². The highest BCUT2D eigenvalue weighted by Crippen LogP contribution is 2.15. The standard InChI is InChI=1S/C12H13NO2S/c1-15-11-5-2-4-10(8-11)12(14)9-16-7-3-6-13/h2,4-5,8H,3,7,9H2,1H3. The Morgan fingerprint density at radius 1 is 1.56 bits per heavy atom. The van der Waals surface area contributed by atoms with Crippen molar-refractivity contribution < 1.29 is 9.53 Å². The summed E-state index contributed by atoms with van der Waals surface area (Å²) in [6.45, 7) is 0. The number of nitriles is 1. The summed E-state index contributed by atoms with van der Waals surface area (Å²) in [6, 6.07) is 9.15.